The molecule has 0 aromatic heterocycles. The Balaban J connectivity index is 1.83. The van der Waals surface area contributed by atoms with Gasteiger partial charge < -0.3 is 24.2 Å². The summed E-state index contributed by atoms with van der Waals surface area (Å²) < 4.78 is 15.1. The largest absolute Gasteiger partial charge is 0.511 e. The summed E-state index contributed by atoms with van der Waals surface area (Å²) in [6, 6.07) is -0.444. The molecule has 0 radical (unpaired) electrons. The standard InChI is InChI=1S/C22H30N2O9S/c1-9(2)31-22(30)33-13(6)32-21(29)18-19(34-14-7-15(27)23(8-14)12(5)26)10(3)17-16(11(4)25)20(28)24(17)18/h9-11,13-14,16-17,25H,7-8H2,1-6H3/t10-,11-,13?,14?,16?,17?/m1/s1. The molecule has 1 N–H and O–H groups in total. The maximum absolute atomic E-state index is 13.1. The lowest BCUT2D eigenvalue weighted by Gasteiger charge is -2.46. The molecule has 2 saturated heterocycles. The number of carbonyl (C=O) groups is 5. The summed E-state index contributed by atoms with van der Waals surface area (Å²) in [5, 5.41) is 9.80. The van der Waals surface area contributed by atoms with Crippen LogP contribution >= 0.6 is 11.8 Å². The molecule has 3 heterocycles. The fourth-order valence-electron chi connectivity index (χ4n) is 4.49. The van der Waals surface area contributed by atoms with Crippen LogP contribution in [-0.2, 0) is 33.4 Å². The number of hydrogen-bond donors (Lipinski definition) is 1. The van der Waals surface area contributed by atoms with Crippen molar-refractivity contribution in [2.45, 2.75) is 77.8 Å². The first kappa shape index (κ1) is 26.0. The van der Waals surface area contributed by atoms with Gasteiger partial charge in [-0.2, -0.15) is 0 Å². The Hall–Kier alpha value is -2.60. The molecule has 3 aliphatic heterocycles. The number of fused-ring (bicyclic) bond motifs is 1. The zero-order chi connectivity index (χ0) is 25.5. The highest BCUT2D eigenvalue weighted by molar-refractivity contribution is 8.03. The zero-order valence-corrected chi connectivity index (χ0v) is 20.8. The van der Waals surface area contributed by atoms with Gasteiger partial charge in [-0.3, -0.25) is 19.3 Å². The van der Waals surface area contributed by atoms with Crippen molar-refractivity contribution >= 4 is 41.6 Å². The quantitative estimate of drug-likeness (QED) is 0.311. The molecule has 11 nitrogen and oxygen atoms in total. The van der Waals surface area contributed by atoms with Crippen molar-refractivity contribution in [2.24, 2.45) is 11.8 Å². The predicted octanol–water partition coefficient (Wildman–Crippen LogP) is 1.39. The number of esters is 1. The van der Waals surface area contributed by atoms with Gasteiger partial charge in [0.25, 0.3) is 0 Å². The number of thioether (sulfide) groups is 1. The van der Waals surface area contributed by atoms with Crippen LogP contribution in [0.3, 0.4) is 0 Å². The third-order valence-electron chi connectivity index (χ3n) is 5.93. The fraction of sp³-hybridized carbons (Fsp3) is 0.682. The number of nitrogens with zero attached hydrogens (tertiary/aromatic N) is 2. The Bertz CT molecular complexity index is 931. The first-order valence-electron chi connectivity index (χ1n) is 11.1. The molecule has 0 aliphatic carbocycles. The van der Waals surface area contributed by atoms with Gasteiger partial charge in [-0.15, -0.1) is 11.8 Å². The highest BCUT2D eigenvalue weighted by Gasteiger charge is 2.60. The Kier molecular flexibility index (Phi) is 7.61. The number of β-lactam (4-membered cyclic amide) rings is 1. The lowest BCUT2D eigenvalue weighted by Crippen LogP contribution is -2.63. The average Bonchev–Trinajstić information content (AvgIpc) is 3.17. The van der Waals surface area contributed by atoms with Crippen LogP contribution in [0.1, 0.15) is 48.0 Å². The summed E-state index contributed by atoms with van der Waals surface area (Å²) in [6.45, 7) is 9.49. The molecule has 3 rings (SSSR count). The van der Waals surface area contributed by atoms with E-state index in [4.69, 9.17) is 14.2 Å². The fourth-order valence-corrected chi connectivity index (χ4v) is 5.95. The summed E-state index contributed by atoms with van der Waals surface area (Å²) in [7, 11) is 0. The number of ether oxygens (including phenoxy) is 3. The molecule has 3 amide bonds. The topological polar surface area (TPSA) is 140 Å². The van der Waals surface area contributed by atoms with Crippen LogP contribution in [0.5, 0.6) is 0 Å². The third kappa shape index (κ3) is 4.92. The molecule has 34 heavy (non-hydrogen) atoms. The minimum atomic E-state index is -1.28. The minimum Gasteiger partial charge on any atom is -0.431 e. The lowest BCUT2D eigenvalue weighted by atomic mass is 9.79. The van der Waals surface area contributed by atoms with Crippen LogP contribution in [0.15, 0.2) is 10.6 Å². The monoisotopic (exact) mass is 498 g/mol. The molecular formula is C22H30N2O9S. The number of aliphatic hydroxyl groups excluding tert-OH is 1. The van der Waals surface area contributed by atoms with E-state index in [-0.39, 0.29) is 41.6 Å². The molecular weight excluding hydrogens is 468 g/mol. The van der Waals surface area contributed by atoms with Gasteiger partial charge in [0, 0.05) is 42.9 Å². The van der Waals surface area contributed by atoms with Gasteiger partial charge in [-0.05, 0) is 20.8 Å². The number of aliphatic hydroxyl groups is 1. The van der Waals surface area contributed by atoms with E-state index in [1.807, 2.05) is 6.92 Å². The number of amides is 3. The highest BCUT2D eigenvalue weighted by Crippen LogP contribution is 2.52. The minimum absolute atomic E-state index is 0.00537. The van der Waals surface area contributed by atoms with Crippen molar-refractivity contribution in [1.82, 2.24) is 9.80 Å². The summed E-state index contributed by atoms with van der Waals surface area (Å²) in [6.07, 6.45) is -3.50. The third-order valence-corrected chi connectivity index (χ3v) is 7.40. The molecule has 0 aromatic carbocycles. The molecule has 0 spiro atoms. The molecule has 0 aromatic rings. The van der Waals surface area contributed by atoms with Crippen LogP contribution < -0.4 is 0 Å². The van der Waals surface area contributed by atoms with Crippen molar-refractivity contribution in [1.29, 1.82) is 0 Å². The van der Waals surface area contributed by atoms with Gasteiger partial charge in [-0.1, -0.05) is 6.92 Å². The van der Waals surface area contributed by atoms with E-state index >= 15 is 0 Å². The molecule has 3 aliphatic rings. The smallest absolute Gasteiger partial charge is 0.431 e. The first-order valence-corrected chi connectivity index (χ1v) is 12.0. The number of likely N-dealkylation sites (tertiary alicyclic amines) is 1. The van der Waals surface area contributed by atoms with Crippen LogP contribution in [0.4, 0.5) is 4.79 Å². The summed E-state index contributed by atoms with van der Waals surface area (Å²) in [5.74, 6) is -2.92. The zero-order valence-electron chi connectivity index (χ0n) is 20.0. The average molecular weight is 499 g/mol. The Morgan fingerprint density at radius 2 is 1.74 bits per heavy atom. The van der Waals surface area contributed by atoms with Crippen molar-refractivity contribution < 1.29 is 43.3 Å². The van der Waals surface area contributed by atoms with Crippen LogP contribution in [-0.4, -0.2) is 81.1 Å². The van der Waals surface area contributed by atoms with E-state index in [1.54, 1.807) is 13.8 Å². The molecule has 6 atom stereocenters. The van der Waals surface area contributed by atoms with Gasteiger partial charge in [0.2, 0.25) is 24.0 Å². The maximum Gasteiger partial charge on any atom is 0.511 e. The Labute approximate surface area is 201 Å². The second kappa shape index (κ2) is 9.95. The van der Waals surface area contributed by atoms with Gasteiger partial charge in [0.05, 0.1) is 24.2 Å². The number of rotatable bonds is 7. The predicted molar refractivity (Wildman–Crippen MR) is 119 cm³/mol. The van der Waals surface area contributed by atoms with E-state index in [0.29, 0.717) is 4.91 Å². The van der Waals surface area contributed by atoms with Crippen molar-refractivity contribution in [3.8, 4) is 0 Å². The summed E-state index contributed by atoms with van der Waals surface area (Å²) >= 11 is 1.25. The summed E-state index contributed by atoms with van der Waals surface area (Å²) in [5.41, 5.74) is 0.00537. The van der Waals surface area contributed by atoms with Crippen molar-refractivity contribution in [3.05, 3.63) is 10.6 Å². The molecule has 188 valence electrons. The SMILES string of the molecule is CC(=O)N1CC(SC2=C(C(=O)OC(C)OC(=O)OC(C)C)N3C(=O)C([C@@H](C)O)C3[C@H]2C)CC1=O. The summed E-state index contributed by atoms with van der Waals surface area (Å²) in [4.78, 5) is 64.5. The van der Waals surface area contributed by atoms with E-state index in [0.717, 1.165) is 4.90 Å². The molecule has 0 saturated carbocycles. The van der Waals surface area contributed by atoms with Crippen LogP contribution in [0, 0.1) is 11.8 Å². The van der Waals surface area contributed by atoms with E-state index < -0.39 is 48.5 Å². The normalized spacial score (nSPS) is 28.0. The van der Waals surface area contributed by atoms with Gasteiger partial charge >= 0.3 is 12.1 Å². The molecule has 0 bridgehead atoms. The Morgan fingerprint density at radius 3 is 2.26 bits per heavy atom. The van der Waals surface area contributed by atoms with E-state index in [2.05, 4.69) is 0 Å². The molecule has 12 heteroatoms. The van der Waals surface area contributed by atoms with Gasteiger partial charge in [0.1, 0.15) is 5.70 Å². The second-order valence-corrected chi connectivity index (χ2v) is 10.3. The first-order chi connectivity index (χ1) is 15.8. The number of carbonyl (C=O) groups excluding carboxylic acids is 5. The van der Waals surface area contributed by atoms with Gasteiger partial charge in [0.15, 0.2) is 0 Å². The molecule has 2 fully saturated rings. The lowest BCUT2D eigenvalue weighted by molar-refractivity contribution is -0.174. The number of imide groups is 1. The second-order valence-electron chi connectivity index (χ2n) is 8.94. The van der Waals surface area contributed by atoms with Crippen molar-refractivity contribution in [3.63, 3.8) is 0 Å². The molecule has 4 unspecified atom stereocenters. The number of hydrogen-bond acceptors (Lipinski definition) is 10. The van der Waals surface area contributed by atoms with E-state index in [1.165, 1.54) is 37.4 Å². The van der Waals surface area contributed by atoms with Crippen LogP contribution in [0.25, 0.3) is 0 Å². The van der Waals surface area contributed by atoms with Crippen LogP contribution in [0.2, 0.25) is 0 Å². The van der Waals surface area contributed by atoms with Gasteiger partial charge in [-0.25, -0.2) is 9.59 Å². The Morgan fingerprint density at radius 1 is 1.09 bits per heavy atom. The van der Waals surface area contributed by atoms with E-state index in [9.17, 15) is 29.1 Å². The maximum atomic E-state index is 13.1. The highest BCUT2D eigenvalue weighted by atomic mass is 32.2. The van der Waals surface area contributed by atoms with Crippen molar-refractivity contribution in [2.75, 3.05) is 6.54 Å².